The van der Waals surface area contributed by atoms with Crippen LogP contribution in [0.3, 0.4) is 0 Å². The quantitative estimate of drug-likeness (QED) is 0.833. The van der Waals surface area contributed by atoms with Crippen LogP contribution in [0.2, 0.25) is 0 Å². The molecule has 0 radical (unpaired) electrons. The second kappa shape index (κ2) is 3.92. The highest BCUT2D eigenvalue weighted by Crippen LogP contribution is 2.49. The van der Waals surface area contributed by atoms with Gasteiger partial charge in [0.15, 0.2) is 0 Å². The normalized spacial score (nSPS) is 20.5. The monoisotopic (exact) mass is 262 g/mol. The number of hydrogen-bond donors (Lipinski definition) is 1. The van der Waals surface area contributed by atoms with Crippen LogP contribution >= 0.6 is 11.8 Å². The smallest absolute Gasteiger partial charge is 0.390 e. The van der Waals surface area contributed by atoms with E-state index in [-0.39, 0.29) is 5.56 Å². The summed E-state index contributed by atoms with van der Waals surface area (Å²) < 4.78 is 38.7. The molecule has 0 saturated carbocycles. The van der Waals surface area contributed by atoms with E-state index in [1.165, 1.54) is 17.8 Å². The summed E-state index contributed by atoms with van der Waals surface area (Å²) in [5.41, 5.74) is -1.51. The fourth-order valence-electron chi connectivity index (χ4n) is 2.09. The van der Waals surface area contributed by atoms with Crippen LogP contribution < -0.4 is 0 Å². The van der Waals surface area contributed by atoms with E-state index in [0.29, 0.717) is 10.6 Å². The number of halogens is 3. The molecule has 17 heavy (non-hydrogen) atoms. The largest absolute Gasteiger partial charge is 0.416 e. The van der Waals surface area contributed by atoms with Crippen molar-refractivity contribution >= 4 is 11.8 Å². The zero-order valence-electron chi connectivity index (χ0n) is 9.51. The highest BCUT2D eigenvalue weighted by Gasteiger charge is 2.42. The van der Waals surface area contributed by atoms with Crippen LogP contribution in [0.15, 0.2) is 23.1 Å². The Kier molecular flexibility index (Phi) is 2.94. The van der Waals surface area contributed by atoms with Crippen LogP contribution in [-0.2, 0) is 6.18 Å². The topological polar surface area (TPSA) is 20.2 Å². The number of thioether (sulfide) groups is 1. The summed E-state index contributed by atoms with van der Waals surface area (Å²) in [7, 11) is 0. The van der Waals surface area contributed by atoms with Crippen molar-refractivity contribution in [2.45, 2.75) is 36.4 Å². The van der Waals surface area contributed by atoms with Crippen molar-refractivity contribution in [2.75, 3.05) is 5.75 Å². The molecule has 1 heterocycles. The summed E-state index contributed by atoms with van der Waals surface area (Å²) in [5.74, 6) is 0.0201. The molecule has 1 unspecified atom stereocenters. The molecule has 94 valence electrons. The summed E-state index contributed by atoms with van der Waals surface area (Å²) >= 11 is 1.37. The first-order valence-electron chi connectivity index (χ1n) is 5.26. The fraction of sp³-hybridized carbons (Fsp3) is 0.500. The molecule has 1 aliphatic rings. The number of hydrogen-bond acceptors (Lipinski definition) is 2. The second-order valence-electron chi connectivity index (χ2n) is 4.73. The highest BCUT2D eigenvalue weighted by atomic mass is 32.2. The van der Waals surface area contributed by atoms with E-state index >= 15 is 0 Å². The van der Waals surface area contributed by atoms with Gasteiger partial charge < -0.3 is 5.11 Å². The highest BCUT2D eigenvalue weighted by molar-refractivity contribution is 7.99. The first-order valence-corrected chi connectivity index (χ1v) is 6.25. The van der Waals surface area contributed by atoms with Gasteiger partial charge in [0.25, 0.3) is 0 Å². The van der Waals surface area contributed by atoms with Gasteiger partial charge in [-0.25, -0.2) is 0 Å². The van der Waals surface area contributed by atoms with Crippen LogP contribution in [0.4, 0.5) is 13.2 Å². The van der Waals surface area contributed by atoms with E-state index in [9.17, 15) is 18.3 Å². The number of alkyl halides is 3. The predicted molar refractivity (Wildman–Crippen MR) is 61.2 cm³/mol. The maximum Gasteiger partial charge on any atom is 0.416 e. The minimum atomic E-state index is -4.36. The van der Waals surface area contributed by atoms with Crippen molar-refractivity contribution in [3.8, 4) is 0 Å². The van der Waals surface area contributed by atoms with Gasteiger partial charge in [0, 0.05) is 16.6 Å². The molecular formula is C12H13F3OS. The molecule has 1 aromatic carbocycles. The molecule has 0 amide bonds. The third-order valence-electron chi connectivity index (χ3n) is 2.98. The van der Waals surface area contributed by atoms with Crippen LogP contribution in [0.1, 0.15) is 30.9 Å². The molecule has 1 aliphatic heterocycles. The van der Waals surface area contributed by atoms with E-state index in [2.05, 4.69) is 0 Å². The first kappa shape index (κ1) is 12.8. The number of aliphatic hydroxyl groups is 1. The molecular weight excluding hydrogens is 249 g/mol. The summed E-state index contributed by atoms with van der Waals surface area (Å²) in [6.45, 7) is 3.11. The molecule has 1 nitrogen and oxygen atoms in total. The molecule has 0 spiro atoms. The van der Waals surface area contributed by atoms with Crippen molar-refractivity contribution in [3.05, 3.63) is 29.3 Å². The number of rotatable bonds is 1. The Morgan fingerprint density at radius 3 is 2.47 bits per heavy atom. The van der Waals surface area contributed by atoms with Gasteiger partial charge in [0.1, 0.15) is 0 Å². The maximum absolute atomic E-state index is 12.9. The second-order valence-corrected chi connectivity index (χ2v) is 5.79. The third kappa shape index (κ3) is 2.31. The Morgan fingerprint density at radius 2 is 1.94 bits per heavy atom. The van der Waals surface area contributed by atoms with Gasteiger partial charge in [-0.1, -0.05) is 6.07 Å². The van der Waals surface area contributed by atoms with Gasteiger partial charge in [0.2, 0.25) is 0 Å². The summed E-state index contributed by atoms with van der Waals surface area (Å²) in [6, 6.07) is 4.19. The van der Waals surface area contributed by atoms with Gasteiger partial charge in [0.05, 0.1) is 11.2 Å². The Morgan fingerprint density at radius 1 is 1.29 bits per heavy atom. The van der Waals surface area contributed by atoms with E-state index in [0.717, 1.165) is 6.07 Å². The van der Waals surface area contributed by atoms with Crippen LogP contribution in [0, 0.1) is 0 Å². The Labute approximate surface area is 102 Å². The van der Waals surface area contributed by atoms with Gasteiger partial charge in [-0.15, -0.1) is 11.8 Å². The van der Waals surface area contributed by atoms with E-state index < -0.39 is 23.3 Å². The van der Waals surface area contributed by atoms with E-state index in [1.807, 2.05) is 0 Å². The summed E-state index contributed by atoms with van der Waals surface area (Å²) in [5, 5.41) is 9.97. The number of fused-ring (bicyclic) bond motifs is 1. The average molecular weight is 262 g/mol. The van der Waals surface area contributed by atoms with Gasteiger partial charge in [-0.2, -0.15) is 13.2 Å². The van der Waals surface area contributed by atoms with Gasteiger partial charge >= 0.3 is 6.18 Å². The molecule has 2 rings (SSSR count). The summed E-state index contributed by atoms with van der Waals surface area (Å²) in [6.07, 6.45) is -4.36. The number of benzene rings is 1. The predicted octanol–water partition coefficient (Wildman–Crippen LogP) is 3.67. The molecule has 5 heteroatoms. The van der Waals surface area contributed by atoms with Crippen molar-refractivity contribution < 1.29 is 18.3 Å². The SMILES string of the molecule is CC(C)(O)C1CSc2cccc(C(F)(F)F)c21. The molecule has 0 fully saturated rings. The Balaban J connectivity index is 2.57. The van der Waals surface area contributed by atoms with Crippen LogP contribution in [0.5, 0.6) is 0 Å². The zero-order chi connectivity index (χ0) is 12.8. The lowest BCUT2D eigenvalue weighted by Crippen LogP contribution is -2.30. The van der Waals surface area contributed by atoms with Crippen LogP contribution in [0.25, 0.3) is 0 Å². The Bertz CT molecular complexity index is 434. The molecule has 0 saturated heterocycles. The molecule has 1 aromatic rings. The minimum Gasteiger partial charge on any atom is -0.390 e. The fourth-order valence-corrected chi connectivity index (χ4v) is 3.59. The van der Waals surface area contributed by atoms with Crippen molar-refractivity contribution in [2.24, 2.45) is 0 Å². The average Bonchev–Trinajstić information content (AvgIpc) is 2.57. The summed E-state index contributed by atoms with van der Waals surface area (Å²) in [4.78, 5) is 0.631. The lowest BCUT2D eigenvalue weighted by molar-refractivity contribution is -0.138. The van der Waals surface area contributed by atoms with Crippen molar-refractivity contribution in [3.63, 3.8) is 0 Å². The lowest BCUT2D eigenvalue weighted by Gasteiger charge is -2.27. The van der Waals surface area contributed by atoms with Crippen molar-refractivity contribution in [1.29, 1.82) is 0 Å². The standard InChI is InChI=1S/C12H13F3OS/c1-11(2,16)8-6-17-9-5-3-4-7(10(8)9)12(13,14)15/h3-5,8,16H,6H2,1-2H3. The molecule has 1 atom stereocenters. The van der Waals surface area contributed by atoms with Crippen LogP contribution in [-0.4, -0.2) is 16.5 Å². The lowest BCUT2D eigenvalue weighted by atomic mass is 9.84. The first-order chi connectivity index (χ1) is 7.71. The van der Waals surface area contributed by atoms with Gasteiger partial charge in [-0.05, 0) is 31.5 Å². The zero-order valence-corrected chi connectivity index (χ0v) is 10.3. The van der Waals surface area contributed by atoms with Gasteiger partial charge in [-0.3, -0.25) is 0 Å². The van der Waals surface area contributed by atoms with E-state index in [1.54, 1.807) is 19.9 Å². The molecule has 1 N–H and O–H groups in total. The molecule has 0 aliphatic carbocycles. The third-order valence-corrected chi connectivity index (χ3v) is 4.15. The van der Waals surface area contributed by atoms with Crippen molar-refractivity contribution in [1.82, 2.24) is 0 Å². The minimum absolute atomic E-state index is 0.248. The maximum atomic E-state index is 12.9. The Hall–Kier alpha value is -0.680. The van der Waals surface area contributed by atoms with E-state index in [4.69, 9.17) is 0 Å². The molecule has 0 bridgehead atoms. The molecule has 0 aromatic heterocycles.